The Labute approximate surface area is 237 Å². The average molecular weight is 556 g/mol. The summed E-state index contributed by atoms with van der Waals surface area (Å²) in [5, 5.41) is 5.87. The summed E-state index contributed by atoms with van der Waals surface area (Å²) in [5.74, 6) is 0.0405. The fourth-order valence-electron chi connectivity index (χ4n) is 5.61. The second-order valence-corrected chi connectivity index (χ2v) is 12.1. The number of benzene rings is 1. The molecule has 9 heteroatoms. The van der Waals surface area contributed by atoms with Gasteiger partial charge in [-0.25, -0.2) is 0 Å². The van der Waals surface area contributed by atoms with Crippen LogP contribution in [0.1, 0.15) is 84.1 Å². The van der Waals surface area contributed by atoms with E-state index in [9.17, 15) is 19.2 Å². The highest BCUT2D eigenvalue weighted by molar-refractivity contribution is 5.98. The number of hydrogen-bond donors (Lipinski definition) is 2. The van der Waals surface area contributed by atoms with Crippen LogP contribution in [0, 0.1) is 5.92 Å². The Kier molecular flexibility index (Phi) is 10.2. The smallest absolute Gasteiger partial charge is 0.243 e. The Bertz CT molecular complexity index is 1050. The van der Waals surface area contributed by atoms with Gasteiger partial charge in [-0.3, -0.25) is 19.2 Å². The van der Waals surface area contributed by atoms with E-state index in [0.717, 1.165) is 49.8 Å². The van der Waals surface area contributed by atoms with Gasteiger partial charge in [0.1, 0.15) is 23.4 Å². The molecule has 4 atom stereocenters. The van der Waals surface area contributed by atoms with E-state index in [1.165, 1.54) is 0 Å². The molecule has 40 heavy (non-hydrogen) atoms. The number of hydrogen-bond acceptors (Lipinski definition) is 6. The van der Waals surface area contributed by atoms with Crippen LogP contribution in [0.25, 0.3) is 0 Å². The number of carbonyl (C=O) groups excluding carboxylic acids is 4. The summed E-state index contributed by atoms with van der Waals surface area (Å²) in [5.41, 5.74) is -0.0117. The van der Waals surface area contributed by atoms with Crippen LogP contribution in [-0.4, -0.2) is 71.9 Å². The number of amides is 3. The van der Waals surface area contributed by atoms with Crippen LogP contribution in [0.4, 0.5) is 0 Å². The summed E-state index contributed by atoms with van der Waals surface area (Å²) in [6.45, 7) is 7.26. The molecule has 4 aliphatic rings. The van der Waals surface area contributed by atoms with E-state index in [4.69, 9.17) is 9.47 Å². The second kappa shape index (κ2) is 13.6. The summed E-state index contributed by atoms with van der Waals surface area (Å²) >= 11 is 0. The number of nitrogens with zero attached hydrogens (tertiary/aromatic N) is 1. The average Bonchev–Trinajstić information content (AvgIpc) is 3.47. The quantitative estimate of drug-likeness (QED) is 0.520. The number of rotatable bonds is 6. The van der Waals surface area contributed by atoms with Gasteiger partial charge >= 0.3 is 0 Å². The van der Waals surface area contributed by atoms with Gasteiger partial charge in [0, 0.05) is 19.4 Å². The number of ether oxygens (including phenoxy) is 2. The van der Waals surface area contributed by atoms with E-state index in [2.05, 4.69) is 10.6 Å². The van der Waals surface area contributed by atoms with Crippen LogP contribution in [0.3, 0.4) is 0 Å². The van der Waals surface area contributed by atoms with Gasteiger partial charge in [0.05, 0.1) is 19.3 Å². The molecule has 4 heterocycles. The molecular formula is C31H45N3O6. The van der Waals surface area contributed by atoms with Crippen molar-refractivity contribution in [3.05, 3.63) is 29.8 Å². The lowest BCUT2D eigenvalue weighted by molar-refractivity contribution is -0.140. The van der Waals surface area contributed by atoms with Gasteiger partial charge in [0.15, 0.2) is 5.78 Å². The number of epoxide rings is 1. The molecule has 1 aromatic carbocycles. The molecule has 0 spiro atoms. The van der Waals surface area contributed by atoms with Gasteiger partial charge < -0.3 is 25.0 Å². The first-order valence-electron chi connectivity index (χ1n) is 15.0. The number of nitrogens with one attached hydrogen (secondary N) is 2. The first-order chi connectivity index (χ1) is 19.2. The molecule has 0 aromatic heterocycles. The lowest BCUT2D eigenvalue weighted by atomic mass is 9.93. The van der Waals surface area contributed by atoms with Crippen LogP contribution in [0.15, 0.2) is 24.3 Å². The van der Waals surface area contributed by atoms with E-state index in [-0.39, 0.29) is 29.9 Å². The van der Waals surface area contributed by atoms with Crippen LogP contribution in [0.2, 0.25) is 0 Å². The second-order valence-electron chi connectivity index (χ2n) is 12.1. The summed E-state index contributed by atoms with van der Waals surface area (Å²) < 4.78 is 11.3. The lowest BCUT2D eigenvalue weighted by Crippen LogP contribution is -2.57. The summed E-state index contributed by atoms with van der Waals surface area (Å²) in [6, 6.07) is 5.35. The third-order valence-corrected chi connectivity index (χ3v) is 8.11. The van der Waals surface area contributed by atoms with Crippen molar-refractivity contribution >= 4 is 23.5 Å². The van der Waals surface area contributed by atoms with Crippen LogP contribution < -0.4 is 15.4 Å². The zero-order valence-electron chi connectivity index (χ0n) is 24.2. The first-order valence-corrected chi connectivity index (χ1v) is 15.0. The zero-order chi connectivity index (χ0) is 28.7. The molecular weight excluding hydrogens is 510 g/mol. The van der Waals surface area contributed by atoms with Crippen molar-refractivity contribution in [2.75, 3.05) is 19.8 Å². The highest BCUT2D eigenvalue weighted by Crippen LogP contribution is 2.30. The Morgan fingerprint density at radius 1 is 1.07 bits per heavy atom. The molecule has 2 N–H and O–H groups in total. The Hall–Kier alpha value is -2.94. The van der Waals surface area contributed by atoms with Crippen molar-refractivity contribution in [3.8, 4) is 5.75 Å². The Morgan fingerprint density at radius 2 is 1.77 bits per heavy atom. The van der Waals surface area contributed by atoms with Gasteiger partial charge in [-0.15, -0.1) is 0 Å². The Morgan fingerprint density at radius 3 is 2.48 bits per heavy atom. The maximum absolute atomic E-state index is 13.7. The molecule has 5 rings (SSSR count). The predicted octanol–water partition coefficient (Wildman–Crippen LogP) is 3.33. The molecule has 0 saturated carbocycles. The lowest BCUT2D eigenvalue weighted by Gasteiger charge is -2.28. The first kappa shape index (κ1) is 30.0. The van der Waals surface area contributed by atoms with Crippen LogP contribution >= 0.6 is 0 Å². The van der Waals surface area contributed by atoms with E-state index in [1.54, 1.807) is 11.8 Å². The van der Waals surface area contributed by atoms with Crippen molar-refractivity contribution in [2.45, 2.75) is 109 Å². The van der Waals surface area contributed by atoms with Crippen LogP contribution in [0.5, 0.6) is 5.75 Å². The van der Waals surface area contributed by atoms with Gasteiger partial charge in [-0.1, -0.05) is 45.2 Å². The highest BCUT2D eigenvalue weighted by Gasteiger charge is 2.50. The Balaban J connectivity index is 1.55. The third-order valence-electron chi connectivity index (χ3n) is 8.11. The molecule has 9 nitrogen and oxygen atoms in total. The SMILES string of the molecule is CC(C)C[C@H](NC(=O)[C@@H]1Cc2ccc(cc2)OCCCCCCCC(=O)N2CCC[C@H]2C(=O)N1)C(=O)[C@@]1(C)CO1. The van der Waals surface area contributed by atoms with E-state index < -0.39 is 29.6 Å². The monoisotopic (exact) mass is 555 g/mol. The minimum Gasteiger partial charge on any atom is -0.494 e. The zero-order valence-corrected chi connectivity index (χ0v) is 24.2. The van der Waals surface area contributed by atoms with E-state index >= 15 is 0 Å². The van der Waals surface area contributed by atoms with Crippen molar-refractivity contribution in [2.24, 2.45) is 5.92 Å². The predicted molar refractivity (Wildman–Crippen MR) is 151 cm³/mol. The topological polar surface area (TPSA) is 117 Å². The molecule has 0 aliphatic carbocycles. The van der Waals surface area contributed by atoms with Gasteiger partial charge in [-0.2, -0.15) is 0 Å². The fourth-order valence-corrected chi connectivity index (χ4v) is 5.61. The summed E-state index contributed by atoms with van der Waals surface area (Å²) in [7, 11) is 0. The van der Waals surface area contributed by atoms with Crippen molar-refractivity contribution < 1.29 is 28.7 Å². The molecule has 2 bridgehead atoms. The standard InChI is InChI=1S/C31H45N3O6/c1-21(2)18-24(28(36)31(3)20-40-31)32-29(37)25-19-22-12-14-23(15-13-22)39-17-8-6-4-5-7-11-27(35)34-16-9-10-26(34)30(38)33-25/h12-15,21,24-26H,4-11,16-20H2,1-3H3,(H,32,37)(H,33,38)/t24-,25-,26-,31+/m0/s1. The summed E-state index contributed by atoms with van der Waals surface area (Å²) in [6.07, 6.45) is 7.27. The fraction of sp³-hybridized carbons (Fsp3) is 0.677. The van der Waals surface area contributed by atoms with Crippen molar-refractivity contribution in [3.63, 3.8) is 0 Å². The number of carbonyl (C=O) groups is 4. The number of ketones is 1. The third kappa shape index (κ3) is 8.05. The van der Waals surface area contributed by atoms with Gasteiger partial charge in [0.25, 0.3) is 0 Å². The number of Topliss-reactive ketones (excluding diaryl/α,β-unsaturated/α-hetero) is 1. The maximum Gasteiger partial charge on any atom is 0.243 e. The van der Waals surface area contributed by atoms with Crippen LogP contribution in [-0.2, 0) is 30.3 Å². The molecule has 2 fully saturated rings. The molecule has 3 amide bonds. The number of fused-ring (bicyclic) bond motifs is 13. The molecule has 4 aliphatic heterocycles. The molecule has 2 saturated heterocycles. The summed E-state index contributed by atoms with van der Waals surface area (Å²) in [4.78, 5) is 55.0. The minimum absolute atomic E-state index is 0.00421. The largest absolute Gasteiger partial charge is 0.494 e. The van der Waals surface area contributed by atoms with E-state index in [1.807, 2.05) is 38.1 Å². The van der Waals surface area contributed by atoms with Crippen molar-refractivity contribution in [1.29, 1.82) is 0 Å². The van der Waals surface area contributed by atoms with E-state index in [0.29, 0.717) is 39.0 Å². The molecule has 220 valence electrons. The minimum atomic E-state index is -0.908. The molecule has 1 aromatic rings. The van der Waals surface area contributed by atoms with Gasteiger partial charge in [0.2, 0.25) is 17.7 Å². The van der Waals surface area contributed by atoms with Crippen molar-refractivity contribution in [1.82, 2.24) is 15.5 Å². The molecule has 0 radical (unpaired) electrons. The molecule has 0 unspecified atom stereocenters. The normalized spacial score (nSPS) is 27.1. The highest BCUT2D eigenvalue weighted by atomic mass is 16.6. The maximum atomic E-state index is 13.7. The van der Waals surface area contributed by atoms with Gasteiger partial charge in [-0.05, 0) is 62.6 Å².